The second-order valence-electron chi connectivity index (χ2n) is 5.99. The molecule has 2 aromatic carbocycles. The topological polar surface area (TPSA) is 114 Å². The Hall–Kier alpha value is -2.65. The molecule has 0 aromatic heterocycles. The molecule has 1 amide bonds. The van der Waals surface area contributed by atoms with Crippen molar-refractivity contribution in [3.8, 4) is 11.5 Å². The quantitative estimate of drug-likeness (QED) is 0.372. The van der Waals surface area contributed by atoms with Gasteiger partial charge in [0.2, 0.25) is 5.75 Å². The van der Waals surface area contributed by atoms with Crippen LogP contribution in [0.3, 0.4) is 0 Å². The van der Waals surface area contributed by atoms with Crippen LogP contribution in [0, 0.1) is 24.0 Å². The van der Waals surface area contributed by atoms with E-state index >= 15 is 0 Å². The molecule has 2 N–H and O–H groups in total. The first-order valence-corrected chi connectivity index (χ1v) is 9.20. The molecule has 1 unspecified atom stereocenters. The number of phenolic OH excluding ortho intramolecular Hbond substituents is 1. The Labute approximate surface area is 174 Å². The van der Waals surface area contributed by atoms with Gasteiger partial charge in [0.05, 0.1) is 11.1 Å². The molecule has 148 valence electrons. The number of aryl methyl sites for hydroxylation is 2. The van der Waals surface area contributed by atoms with Crippen molar-refractivity contribution in [2.24, 2.45) is 5.10 Å². The molecule has 2 rings (SSSR count). The second kappa shape index (κ2) is 9.03. The maximum Gasteiger partial charge on any atom is 0.312 e. The molecule has 0 aliphatic rings. The molecule has 28 heavy (non-hydrogen) atoms. The molecule has 0 fully saturated rings. The van der Waals surface area contributed by atoms with Crippen LogP contribution in [0.25, 0.3) is 0 Å². The molecule has 0 heterocycles. The van der Waals surface area contributed by atoms with Gasteiger partial charge in [-0.15, -0.1) is 0 Å². The highest BCUT2D eigenvalue weighted by Gasteiger charge is 2.18. The summed E-state index contributed by atoms with van der Waals surface area (Å²) in [6.07, 6.45) is 0.247. The molecule has 10 heteroatoms. The standard InChI is InChI=1S/C18H17BrClN3O5/c1-9-4-14(5-10(2)16(9)20)28-11(3)18(25)22-21-8-12-6-13(19)7-15(17(12)24)23(26)27/h4-8,11,24H,1-3H3,(H,22,25)/b21-8+. The van der Waals surface area contributed by atoms with Crippen LogP contribution in [0.4, 0.5) is 5.69 Å². The third kappa shape index (κ3) is 5.20. The van der Waals surface area contributed by atoms with Gasteiger partial charge in [-0.2, -0.15) is 5.10 Å². The number of hydrazone groups is 1. The highest BCUT2D eigenvalue weighted by molar-refractivity contribution is 9.10. The average Bonchev–Trinajstić information content (AvgIpc) is 2.61. The van der Waals surface area contributed by atoms with Crippen LogP contribution in [0.1, 0.15) is 23.6 Å². The van der Waals surface area contributed by atoms with E-state index in [1.807, 2.05) is 13.8 Å². The Morgan fingerprint density at radius 1 is 1.36 bits per heavy atom. The van der Waals surface area contributed by atoms with Crippen LogP contribution < -0.4 is 10.2 Å². The van der Waals surface area contributed by atoms with Gasteiger partial charge in [-0.05, 0) is 50.1 Å². The SMILES string of the molecule is Cc1cc(OC(C)C(=O)N/N=C/c2cc(Br)cc([N+](=O)[O-])c2O)cc(C)c1Cl. The summed E-state index contributed by atoms with van der Waals surface area (Å²) in [5.41, 5.74) is 3.52. The number of nitro benzene ring substituents is 1. The summed E-state index contributed by atoms with van der Waals surface area (Å²) in [5, 5.41) is 25.2. The molecule has 2 aromatic rings. The Morgan fingerprint density at radius 3 is 2.54 bits per heavy atom. The van der Waals surface area contributed by atoms with Gasteiger partial charge in [-0.25, -0.2) is 5.43 Å². The van der Waals surface area contributed by atoms with Gasteiger partial charge in [0.1, 0.15) is 5.75 Å². The molecule has 8 nitrogen and oxygen atoms in total. The van der Waals surface area contributed by atoms with E-state index in [9.17, 15) is 20.0 Å². The van der Waals surface area contributed by atoms with Gasteiger partial charge in [0.15, 0.2) is 6.10 Å². The summed E-state index contributed by atoms with van der Waals surface area (Å²) in [7, 11) is 0. The molecule has 0 saturated heterocycles. The zero-order valence-corrected chi connectivity index (χ0v) is 17.5. The average molecular weight is 471 g/mol. The first-order valence-electron chi connectivity index (χ1n) is 8.03. The number of carbonyl (C=O) groups excluding carboxylic acids is 1. The van der Waals surface area contributed by atoms with E-state index in [0.717, 1.165) is 23.4 Å². The normalized spacial score (nSPS) is 12.0. The van der Waals surface area contributed by atoms with Gasteiger partial charge in [0, 0.05) is 21.1 Å². The molecule has 0 saturated carbocycles. The van der Waals surface area contributed by atoms with E-state index in [4.69, 9.17) is 16.3 Å². The maximum absolute atomic E-state index is 12.1. The van der Waals surface area contributed by atoms with Crippen molar-refractivity contribution in [2.75, 3.05) is 0 Å². The van der Waals surface area contributed by atoms with Crippen molar-refractivity contribution in [3.63, 3.8) is 0 Å². The number of amides is 1. The number of hydrogen-bond donors (Lipinski definition) is 2. The number of carbonyl (C=O) groups is 1. The monoisotopic (exact) mass is 469 g/mol. The maximum atomic E-state index is 12.1. The molecular formula is C18H17BrClN3O5. The summed E-state index contributed by atoms with van der Waals surface area (Å²) in [6, 6.07) is 6.04. The fourth-order valence-electron chi connectivity index (χ4n) is 2.33. The Morgan fingerprint density at radius 2 is 1.96 bits per heavy atom. The van der Waals surface area contributed by atoms with E-state index in [1.54, 1.807) is 19.1 Å². The first-order chi connectivity index (χ1) is 13.1. The number of phenols is 1. The summed E-state index contributed by atoms with van der Waals surface area (Å²) in [5.74, 6) is -0.598. The van der Waals surface area contributed by atoms with E-state index in [0.29, 0.717) is 15.2 Å². The predicted octanol–water partition coefficient (Wildman–Crippen LogP) is 4.25. The van der Waals surface area contributed by atoms with Gasteiger partial charge < -0.3 is 9.84 Å². The van der Waals surface area contributed by atoms with Crippen molar-refractivity contribution in [2.45, 2.75) is 26.9 Å². The molecule has 0 aliphatic carbocycles. The number of rotatable bonds is 6. The van der Waals surface area contributed by atoms with Gasteiger partial charge in [0.25, 0.3) is 5.91 Å². The van der Waals surface area contributed by atoms with Gasteiger partial charge in [-0.1, -0.05) is 27.5 Å². The summed E-state index contributed by atoms with van der Waals surface area (Å²) in [4.78, 5) is 22.4. The molecule has 0 aliphatic heterocycles. The number of nitrogens with zero attached hydrogens (tertiary/aromatic N) is 2. The first kappa shape index (κ1) is 21.6. The van der Waals surface area contributed by atoms with Crippen molar-refractivity contribution in [3.05, 3.63) is 60.6 Å². The van der Waals surface area contributed by atoms with E-state index < -0.39 is 28.4 Å². The van der Waals surface area contributed by atoms with Crippen LogP contribution in [0.5, 0.6) is 11.5 Å². The van der Waals surface area contributed by atoms with E-state index in [2.05, 4.69) is 26.5 Å². The molecule has 0 spiro atoms. The van der Waals surface area contributed by atoms with Crippen LogP contribution in [-0.4, -0.2) is 28.3 Å². The van der Waals surface area contributed by atoms with Gasteiger partial charge >= 0.3 is 5.69 Å². The largest absolute Gasteiger partial charge is 0.502 e. The van der Waals surface area contributed by atoms with Crippen LogP contribution >= 0.6 is 27.5 Å². The fraction of sp³-hybridized carbons (Fsp3) is 0.222. The smallest absolute Gasteiger partial charge is 0.312 e. The highest BCUT2D eigenvalue weighted by Crippen LogP contribution is 2.32. The zero-order chi connectivity index (χ0) is 21.0. The number of aromatic hydroxyl groups is 1. The number of hydrogen-bond acceptors (Lipinski definition) is 6. The molecule has 1 atom stereocenters. The Balaban J connectivity index is 2.07. The number of halogens is 2. The summed E-state index contributed by atoms with van der Waals surface area (Å²) in [6.45, 7) is 5.22. The van der Waals surface area contributed by atoms with Crippen LogP contribution in [0.2, 0.25) is 5.02 Å². The van der Waals surface area contributed by atoms with Gasteiger partial charge in [-0.3, -0.25) is 14.9 Å². The predicted molar refractivity (Wildman–Crippen MR) is 109 cm³/mol. The lowest BCUT2D eigenvalue weighted by atomic mass is 10.1. The number of benzene rings is 2. The zero-order valence-electron chi connectivity index (χ0n) is 15.2. The van der Waals surface area contributed by atoms with Crippen LogP contribution in [-0.2, 0) is 4.79 Å². The third-order valence-electron chi connectivity index (χ3n) is 3.75. The summed E-state index contributed by atoms with van der Waals surface area (Å²) < 4.78 is 5.98. The lowest BCUT2D eigenvalue weighted by Gasteiger charge is -2.15. The number of ether oxygens (including phenoxy) is 1. The lowest BCUT2D eigenvalue weighted by molar-refractivity contribution is -0.385. The third-order valence-corrected chi connectivity index (χ3v) is 4.81. The van der Waals surface area contributed by atoms with Crippen molar-refractivity contribution in [1.29, 1.82) is 0 Å². The molecule has 0 bridgehead atoms. The minimum Gasteiger partial charge on any atom is -0.502 e. The lowest BCUT2D eigenvalue weighted by Crippen LogP contribution is -2.33. The van der Waals surface area contributed by atoms with E-state index in [-0.39, 0.29) is 5.56 Å². The minimum atomic E-state index is -0.859. The molecule has 0 radical (unpaired) electrons. The minimum absolute atomic E-state index is 0.0684. The van der Waals surface area contributed by atoms with E-state index in [1.165, 1.54) is 6.07 Å². The molecular weight excluding hydrogens is 454 g/mol. The fourth-order valence-corrected chi connectivity index (χ4v) is 2.90. The van der Waals surface area contributed by atoms with Crippen molar-refractivity contribution in [1.82, 2.24) is 5.43 Å². The highest BCUT2D eigenvalue weighted by atomic mass is 79.9. The van der Waals surface area contributed by atoms with Crippen molar-refractivity contribution < 1.29 is 19.6 Å². The Kier molecular flexibility index (Phi) is 6.98. The van der Waals surface area contributed by atoms with Crippen LogP contribution in [0.15, 0.2) is 33.8 Å². The number of nitrogens with one attached hydrogen (secondary N) is 1. The Bertz CT molecular complexity index is 941. The van der Waals surface area contributed by atoms with Crippen molar-refractivity contribution >= 4 is 45.3 Å². The second-order valence-corrected chi connectivity index (χ2v) is 7.28. The summed E-state index contributed by atoms with van der Waals surface area (Å²) >= 11 is 9.23. The number of nitro groups is 1.